The summed E-state index contributed by atoms with van der Waals surface area (Å²) >= 11 is 0. The Morgan fingerprint density at radius 3 is 2.71 bits per heavy atom. The molecule has 1 aromatic rings. The lowest BCUT2D eigenvalue weighted by molar-refractivity contribution is -0.142. The van der Waals surface area contributed by atoms with Crippen LogP contribution in [0.15, 0.2) is 30.3 Å². The number of aliphatic carboxylic acids is 1. The minimum Gasteiger partial charge on any atom is -0.480 e. The number of likely N-dealkylation sites (tertiary alicyclic amines) is 1. The summed E-state index contributed by atoms with van der Waals surface area (Å²) in [5.74, 6) is -0.889. The van der Waals surface area contributed by atoms with Crippen molar-refractivity contribution in [2.45, 2.75) is 18.4 Å². The van der Waals surface area contributed by atoms with E-state index in [9.17, 15) is 4.79 Å². The molecule has 3 N–H and O–H groups in total. The monoisotopic (exact) mass is 234 g/mol. The summed E-state index contributed by atoms with van der Waals surface area (Å²) in [6.07, 6.45) is 1.48. The molecule has 1 atom stereocenters. The molecule has 0 aliphatic carbocycles. The number of nitrogens with zero attached hydrogens (tertiary/aromatic N) is 1. The highest BCUT2D eigenvalue weighted by atomic mass is 16.4. The largest absolute Gasteiger partial charge is 0.480 e. The zero-order valence-corrected chi connectivity index (χ0v) is 9.80. The second-order valence-corrected chi connectivity index (χ2v) is 4.72. The van der Waals surface area contributed by atoms with Crippen molar-refractivity contribution in [1.29, 1.82) is 0 Å². The summed E-state index contributed by atoms with van der Waals surface area (Å²) < 4.78 is 0. The molecule has 17 heavy (non-hydrogen) atoms. The van der Waals surface area contributed by atoms with Crippen LogP contribution in [0.1, 0.15) is 12.0 Å². The van der Waals surface area contributed by atoms with Crippen LogP contribution in [0, 0.1) is 0 Å². The van der Waals surface area contributed by atoms with Crippen molar-refractivity contribution in [2.24, 2.45) is 5.73 Å². The van der Waals surface area contributed by atoms with Crippen LogP contribution in [0.5, 0.6) is 0 Å². The first-order chi connectivity index (χ1) is 8.10. The number of hydrogen-bond donors (Lipinski definition) is 2. The third-order valence-corrected chi connectivity index (χ3v) is 3.37. The molecule has 0 bridgehead atoms. The van der Waals surface area contributed by atoms with E-state index >= 15 is 0 Å². The van der Waals surface area contributed by atoms with Crippen molar-refractivity contribution in [1.82, 2.24) is 4.90 Å². The molecule has 1 aliphatic heterocycles. The van der Waals surface area contributed by atoms with E-state index in [1.807, 2.05) is 18.2 Å². The van der Waals surface area contributed by atoms with Crippen LogP contribution in [0.25, 0.3) is 0 Å². The summed E-state index contributed by atoms with van der Waals surface area (Å²) in [4.78, 5) is 13.1. The molecule has 0 aromatic heterocycles. The van der Waals surface area contributed by atoms with Gasteiger partial charge in [0.1, 0.15) is 5.54 Å². The Morgan fingerprint density at radius 1 is 1.41 bits per heavy atom. The summed E-state index contributed by atoms with van der Waals surface area (Å²) in [7, 11) is 0. The standard InChI is InChI=1S/C13H18N2O2/c14-13(12(16)17)7-9-15(10-13)8-6-11-4-2-1-3-5-11/h1-5H,6-10,14H2,(H,16,17)/t13-/m1/s1. The lowest BCUT2D eigenvalue weighted by Gasteiger charge is -2.19. The van der Waals surface area contributed by atoms with Crippen molar-refractivity contribution in [3.63, 3.8) is 0 Å². The first kappa shape index (κ1) is 12.1. The molecule has 2 rings (SSSR count). The Morgan fingerprint density at radius 2 is 2.12 bits per heavy atom. The Kier molecular flexibility index (Phi) is 3.45. The van der Waals surface area contributed by atoms with E-state index in [0.717, 1.165) is 19.5 Å². The lowest BCUT2D eigenvalue weighted by Crippen LogP contribution is -2.50. The number of benzene rings is 1. The predicted octanol–water partition coefficient (Wildman–Crippen LogP) is 0.717. The molecule has 1 aromatic carbocycles. The average Bonchev–Trinajstić information content (AvgIpc) is 2.72. The topological polar surface area (TPSA) is 66.6 Å². The van der Waals surface area contributed by atoms with Crippen LogP contribution in [-0.2, 0) is 11.2 Å². The summed E-state index contributed by atoms with van der Waals surface area (Å²) in [6, 6.07) is 10.2. The van der Waals surface area contributed by atoms with E-state index in [-0.39, 0.29) is 0 Å². The predicted molar refractivity (Wildman–Crippen MR) is 65.8 cm³/mol. The molecule has 4 nitrogen and oxygen atoms in total. The van der Waals surface area contributed by atoms with Crippen LogP contribution in [0.2, 0.25) is 0 Å². The number of carbonyl (C=O) groups is 1. The third kappa shape index (κ3) is 2.84. The van der Waals surface area contributed by atoms with Gasteiger partial charge in [-0.25, -0.2) is 0 Å². The Balaban J connectivity index is 1.85. The highest BCUT2D eigenvalue weighted by Gasteiger charge is 2.40. The maximum Gasteiger partial charge on any atom is 0.325 e. The van der Waals surface area contributed by atoms with Crippen LogP contribution >= 0.6 is 0 Å². The van der Waals surface area contributed by atoms with Crippen LogP contribution in [0.3, 0.4) is 0 Å². The molecule has 0 amide bonds. The van der Waals surface area contributed by atoms with Crippen molar-refractivity contribution in [3.8, 4) is 0 Å². The molecule has 0 spiro atoms. The maximum atomic E-state index is 11.0. The first-order valence-corrected chi connectivity index (χ1v) is 5.89. The molecule has 0 radical (unpaired) electrons. The van der Waals surface area contributed by atoms with Crippen molar-refractivity contribution in [3.05, 3.63) is 35.9 Å². The van der Waals surface area contributed by atoms with Gasteiger partial charge in [-0.3, -0.25) is 4.79 Å². The minimum atomic E-state index is -1.04. The maximum absolute atomic E-state index is 11.0. The van der Waals surface area contributed by atoms with Gasteiger partial charge in [-0.05, 0) is 18.4 Å². The number of rotatable bonds is 4. The zero-order chi connectivity index (χ0) is 12.3. The van der Waals surface area contributed by atoms with Gasteiger partial charge in [-0.2, -0.15) is 0 Å². The van der Waals surface area contributed by atoms with Crippen molar-refractivity contribution >= 4 is 5.97 Å². The van der Waals surface area contributed by atoms with Gasteiger partial charge in [0, 0.05) is 19.6 Å². The molecule has 0 saturated carbocycles. The molecule has 92 valence electrons. The Hall–Kier alpha value is -1.39. The molecular weight excluding hydrogens is 216 g/mol. The normalized spacial score (nSPS) is 25.0. The minimum absolute atomic E-state index is 0.454. The van der Waals surface area contributed by atoms with Gasteiger partial charge in [0.2, 0.25) is 0 Å². The van der Waals surface area contributed by atoms with Crippen LogP contribution in [-0.4, -0.2) is 41.1 Å². The number of hydrogen-bond acceptors (Lipinski definition) is 3. The summed E-state index contributed by atoms with van der Waals surface area (Å²) in [6.45, 7) is 2.10. The first-order valence-electron chi connectivity index (χ1n) is 5.89. The highest BCUT2D eigenvalue weighted by molar-refractivity contribution is 5.79. The highest BCUT2D eigenvalue weighted by Crippen LogP contribution is 2.19. The third-order valence-electron chi connectivity index (χ3n) is 3.37. The lowest BCUT2D eigenvalue weighted by atomic mass is 10.0. The molecule has 0 unspecified atom stereocenters. The molecule has 4 heteroatoms. The quantitative estimate of drug-likeness (QED) is 0.805. The Labute approximate surface area is 101 Å². The van der Waals surface area contributed by atoms with E-state index in [1.165, 1.54) is 5.56 Å². The van der Waals surface area contributed by atoms with E-state index in [0.29, 0.717) is 13.0 Å². The Bertz CT molecular complexity index is 394. The van der Waals surface area contributed by atoms with Gasteiger partial charge in [-0.1, -0.05) is 30.3 Å². The fraction of sp³-hybridized carbons (Fsp3) is 0.462. The smallest absolute Gasteiger partial charge is 0.325 e. The van der Waals surface area contributed by atoms with Gasteiger partial charge in [0.25, 0.3) is 0 Å². The fourth-order valence-corrected chi connectivity index (χ4v) is 2.21. The molecule has 1 heterocycles. The molecule has 1 fully saturated rings. The summed E-state index contributed by atoms with van der Waals surface area (Å²) in [5.41, 5.74) is 6.05. The molecule has 1 aliphatic rings. The van der Waals surface area contributed by atoms with Gasteiger partial charge in [-0.15, -0.1) is 0 Å². The van der Waals surface area contributed by atoms with Crippen molar-refractivity contribution in [2.75, 3.05) is 19.6 Å². The fourth-order valence-electron chi connectivity index (χ4n) is 2.21. The van der Waals surface area contributed by atoms with E-state index in [1.54, 1.807) is 0 Å². The van der Waals surface area contributed by atoms with Crippen molar-refractivity contribution < 1.29 is 9.90 Å². The number of carboxylic acid groups (broad SMARTS) is 1. The van der Waals surface area contributed by atoms with E-state index < -0.39 is 11.5 Å². The van der Waals surface area contributed by atoms with Gasteiger partial charge in [0.05, 0.1) is 0 Å². The average molecular weight is 234 g/mol. The molecule has 1 saturated heterocycles. The number of nitrogens with two attached hydrogens (primary N) is 1. The van der Waals surface area contributed by atoms with E-state index in [2.05, 4.69) is 17.0 Å². The van der Waals surface area contributed by atoms with Crippen LogP contribution in [0.4, 0.5) is 0 Å². The summed E-state index contributed by atoms with van der Waals surface area (Å²) in [5, 5.41) is 9.02. The van der Waals surface area contributed by atoms with Gasteiger partial charge in [0.15, 0.2) is 0 Å². The SMILES string of the molecule is N[C@]1(C(=O)O)CCN(CCc2ccccc2)C1. The van der Waals surface area contributed by atoms with Gasteiger partial charge < -0.3 is 15.7 Å². The zero-order valence-electron chi connectivity index (χ0n) is 9.80. The number of carboxylic acids is 1. The molecular formula is C13H18N2O2. The van der Waals surface area contributed by atoms with Gasteiger partial charge >= 0.3 is 5.97 Å². The van der Waals surface area contributed by atoms with E-state index in [4.69, 9.17) is 10.8 Å². The second kappa shape index (κ2) is 4.85. The van der Waals surface area contributed by atoms with Crippen LogP contribution < -0.4 is 5.73 Å². The second-order valence-electron chi connectivity index (χ2n) is 4.72.